The van der Waals surface area contributed by atoms with Crippen LogP contribution < -0.4 is 10.6 Å². The van der Waals surface area contributed by atoms with E-state index in [-0.39, 0.29) is 11.6 Å². The molecule has 0 saturated heterocycles. The minimum atomic E-state index is -1.24. The molecule has 7 nitrogen and oxygen atoms in total. The molecule has 0 aromatic carbocycles. The number of aliphatic hydroxyl groups is 3. The molecule has 1 heterocycles. The minimum Gasteiger partial charge on any atom is -0.394 e. The third kappa shape index (κ3) is 3.88. The summed E-state index contributed by atoms with van der Waals surface area (Å²) >= 11 is 0. The van der Waals surface area contributed by atoms with E-state index in [4.69, 9.17) is 0 Å². The van der Waals surface area contributed by atoms with Gasteiger partial charge in [-0.15, -0.1) is 0 Å². The Bertz CT molecular complexity index is 413. The molecule has 0 spiro atoms. The van der Waals surface area contributed by atoms with Crippen molar-refractivity contribution in [1.82, 2.24) is 10.3 Å². The lowest BCUT2D eigenvalue weighted by atomic mass is 10.0. The molecule has 1 amide bonds. The Hall–Kier alpha value is -1.70. The molecule has 0 fully saturated rings. The van der Waals surface area contributed by atoms with Gasteiger partial charge in [-0.25, -0.2) is 0 Å². The monoisotopic (exact) mass is 269 g/mol. The van der Waals surface area contributed by atoms with E-state index in [9.17, 15) is 20.1 Å². The fraction of sp³-hybridized carbons (Fsp3) is 0.500. The Labute approximate surface area is 111 Å². The van der Waals surface area contributed by atoms with Gasteiger partial charge in [-0.3, -0.25) is 9.78 Å². The van der Waals surface area contributed by atoms with E-state index in [0.29, 0.717) is 12.2 Å². The van der Waals surface area contributed by atoms with E-state index in [2.05, 4.69) is 15.6 Å². The zero-order valence-electron chi connectivity index (χ0n) is 10.8. The third-order valence-electron chi connectivity index (χ3n) is 2.65. The fourth-order valence-electron chi connectivity index (χ4n) is 1.46. The van der Waals surface area contributed by atoms with Gasteiger partial charge in [-0.1, -0.05) is 0 Å². The van der Waals surface area contributed by atoms with Crippen LogP contribution in [-0.4, -0.2) is 58.1 Å². The van der Waals surface area contributed by atoms with Crippen molar-refractivity contribution >= 4 is 11.6 Å². The summed E-state index contributed by atoms with van der Waals surface area (Å²) in [5.74, 6) is -0.311. The lowest BCUT2D eigenvalue weighted by Gasteiger charge is -2.29. The summed E-state index contributed by atoms with van der Waals surface area (Å²) in [5, 5.41) is 33.1. The summed E-state index contributed by atoms with van der Waals surface area (Å²) in [7, 11) is 0. The number of carbonyl (C=O) groups is 1. The Morgan fingerprint density at radius 1 is 1.32 bits per heavy atom. The maximum Gasteiger partial charge on any atom is 0.269 e. The van der Waals surface area contributed by atoms with Crippen LogP contribution in [0.3, 0.4) is 0 Å². The number of nitrogens with zero attached hydrogens (tertiary/aromatic N) is 1. The molecule has 0 bridgehead atoms. The maximum absolute atomic E-state index is 11.6. The number of pyridine rings is 1. The first-order valence-electron chi connectivity index (χ1n) is 5.96. The highest BCUT2D eigenvalue weighted by atomic mass is 16.3. The Kier molecular flexibility index (Phi) is 5.68. The number of aliphatic hydroxyl groups excluding tert-OH is 3. The van der Waals surface area contributed by atoms with Crippen LogP contribution in [-0.2, 0) is 0 Å². The minimum absolute atomic E-state index is 0.217. The van der Waals surface area contributed by atoms with Gasteiger partial charge in [-0.05, 0) is 19.1 Å². The first-order chi connectivity index (χ1) is 9.10. The summed E-state index contributed by atoms with van der Waals surface area (Å²) in [4.78, 5) is 15.5. The Morgan fingerprint density at radius 3 is 2.47 bits per heavy atom. The van der Waals surface area contributed by atoms with Crippen molar-refractivity contribution < 1.29 is 20.1 Å². The second-order valence-electron chi connectivity index (χ2n) is 4.17. The highest BCUT2D eigenvalue weighted by molar-refractivity contribution is 5.93. The number of rotatable bonds is 7. The van der Waals surface area contributed by atoms with Gasteiger partial charge in [0.2, 0.25) is 0 Å². The van der Waals surface area contributed by atoms with E-state index >= 15 is 0 Å². The largest absolute Gasteiger partial charge is 0.394 e. The smallest absolute Gasteiger partial charge is 0.269 e. The van der Waals surface area contributed by atoms with E-state index < -0.39 is 25.4 Å². The van der Waals surface area contributed by atoms with Crippen molar-refractivity contribution in [3.63, 3.8) is 0 Å². The number of amides is 1. The van der Waals surface area contributed by atoms with Crippen molar-refractivity contribution in [2.24, 2.45) is 0 Å². The molecule has 0 aliphatic rings. The SMILES string of the molecule is CCNC(=O)c1cc(NC(CO)(CO)CO)ccn1. The predicted molar refractivity (Wildman–Crippen MR) is 69.9 cm³/mol. The van der Waals surface area contributed by atoms with E-state index in [1.807, 2.05) is 0 Å². The van der Waals surface area contributed by atoms with Gasteiger partial charge in [0.15, 0.2) is 0 Å². The van der Waals surface area contributed by atoms with Gasteiger partial charge in [0.1, 0.15) is 11.2 Å². The van der Waals surface area contributed by atoms with Crippen LogP contribution in [0.2, 0.25) is 0 Å². The van der Waals surface area contributed by atoms with Gasteiger partial charge >= 0.3 is 0 Å². The molecule has 1 rings (SSSR count). The quantitative estimate of drug-likeness (QED) is 0.432. The molecule has 0 saturated carbocycles. The van der Waals surface area contributed by atoms with Crippen LogP contribution in [0, 0.1) is 0 Å². The van der Waals surface area contributed by atoms with Crippen LogP contribution >= 0.6 is 0 Å². The number of hydrogen-bond acceptors (Lipinski definition) is 6. The highest BCUT2D eigenvalue weighted by Gasteiger charge is 2.27. The average Bonchev–Trinajstić information content (AvgIpc) is 2.45. The molecule has 0 unspecified atom stereocenters. The van der Waals surface area contributed by atoms with Gasteiger partial charge < -0.3 is 26.0 Å². The third-order valence-corrected chi connectivity index (χ3v) is 2.65. The van der Waals surface area contributed by atoms with Crippen molar-refractivity contribution in [2.75, 3.05) is 31.7 Å². The number of hydrogen-bond donors (Lipinski definition) is 5. The van der Waals surface area contributed by atoms with E-state index in [1.54, 1.807) is 13.0 Å². The summed E-state index contributed by atoms with van der Waals surface area (Å²) in [5.41, 5.74) is -0.539. The average molecular weight is 269 g/mol. The van der Waals surface area contributed by atoms with Crippen LogP contribution in [0.4, 0.5) is 5.69 Å². The molecule has 106 valence electrons. The summed E-state index contributed by atoms with van der Waals surface area (Å²) in [6, 6.07) is 3.07. The Balaban J connectivity index is 2.90. The topological polar surface area (TPSA) is 115 Å². The number of aromatic nitrogens is 1. The van der Waals surface area contributed by atoms with Gasteiger partial charge in [-0.2, -0.15) is 0 Å². The summed E-state index contributed by atoms with van der Waals surface area (Å²) in [6.07, 6.45) is 1.43. The molecular weight excluding hydrogens is 250 g/mol. The molecule has 1 aromatic heterocycles. The van der Waals surface area contributed by atoms with Crippen molar-refractivity contribution in [2.45, 2.75) is 12.5 Å². The second kappa shape index (κ2) is 7.03. The van der Waals surface area contributed by atoms with Crippen LogP contribution in [0.25, 0.3) is 0 Å². The van der Waals surface area contributed by atoms with Crippen molar-refractivity contribution in [3.8, 4) is 0 Å². The lowest BCUT2D eigenvalue weighted by molar-refractivity contribution is 0.0833. The zero-order chi connectivity index (χ0) is 14.3. The van der Waals surface area contributed by atoms with Crippen LogP contribution in [0.1, 0.15) is 17.4 Å². The normalized spacial score (nSPS) is 11.2. The highest BCUT2D eigenvalue weighted by Crippen LogP contribution is 2.15. The molecule has 1 aromatic rings. The van der Waals surface area contributed by atoms with Gasteiger partial charge in [0.25, 0.3) is 5.91 Å². The predicted octanol–water partition coefficient (Wildman–Crippen LogP) is -1.04. The molecule has 19 heavy (non-hydrogen) atoms. The summed E-state index contributed by atoms with van der Waals surface area (Å²) < 4.78 is 0. The maximum atomic E-state index is 11.6. The number of anilines is 1. The van der Waals surface area contributed by atoms with Gasteiger partial charge in [0, 0.05) is 18.4 Å². The van der Waals surface area contributed by atoms with Gasteiger partial charge in [0.05, 0.1) is 19.8 Å². The molecule has 0 aliphatic carbocycles. The van der Waals surface area contributed by atoms with E-state index in [1.165, 1.54) is 12.3 Å². The lowest BCUT2D eigenvalue weighted by Crippen LogP contribution is -2.49. The second-order valence-corrected chi connectivity index (χ2v) is 4.17. The number of carbonyl (C=O) groups excluding carboxylic acids is 1. The molecular formula is C12H19N3O4. The van der Waals surface area contributed by atoms with E-state index in [0.717, 1.165) is 0 Å². The van der Waals surface area contributed by atoms with Crippen molar-refractivity contribution in [1.29, 1.82) is 0 Å². The summed E-state index contributed by atoms with van der Waals surface area (Å²) in [6.45, 7) is 0.955. The Morgan fingerprint density at radius 2 is 1.95 bits per heavy atom. The first-order valence-corrected chi connectivity index (χ1v) is 5.96. The molecule has 0 aliphatic heterocycles. The molecule has 0 atom stereocenters. The molecule has 5 N–H and O–H groups in total. The number of nitrogens with one attached hydrogen (secondary N) is 2. The first kappa shape index (κ1) is 15.4. The molecule has 0 radical (unpaired) electrons. The van der Waals surface area contributed by atoms with Crippen LogP contribution in [0.15, 0.2) is 18.3 Å². The van der Waals surface area contributed by atoms with Crippen LogP contribution in [0.5, 0.6) is 0 Å². The zero-order valence-corrected chi connectivity index (χ0v) is 10.8. The standard InChI is InChI=1S/C12H19N3O4/c1-2-13-11(19)10-5-9(3-4-14-10)15-12(6-16,7-17)8-18/h3-5,16-18H,2,6-8H2,1H3,(H,13,19)(H,14,15). The fourth-order valence-corrected chi connectivity index (χ4v) is 1.46. The molecule has 7 heteroatoms. The van der Waals surface area contributed by atoms with Crippen molar-refractivity contribution in [3.05, 3.63) is 24.0 Å².